The largest absolute Gasteiger partial charge is 1.00 e. The fourth-order valence-corrected chi connectivity index (χ4v) is 4.07. The first-order valence-corrected chi connectivity index (χ1v) is 10.4. The van der Waals surface area contributed by atoms with Gasteiger partial charge in [0.15, 0.2) is 5.78 Å². The summed E-state index contributed by atoms with van der Waals surface area (Å²) in [6.07, 6.45) is 4.37. The maximum atomic E-state index is 12.7. The van der Waals surface area contributed by atoms with Gasteiger partial charge < -0.3 is 38.3 Å². The van der Waals surface area contributed by atoms with Crippen LogP contribution in [0.15, 0.2) is 54.6 Å². The van der Waals surface area contributed by atoms with Gasteiger partial charge in [-0.15, -0.1) is 0 Å². The van der Waals surface area contributed by atoms with Gasteiger partial charge in [-0.05, 0) is 43.4 Å². The molecule has 1 saturated heterocycles. The standard InChI is InChI=1S/C24H32NO3.HI/c1-25(16-8-3-9-17-25)18-21(26)19-28-24-13-7-6-12-22(24)23(27)15-14-20-10-4-2-5-11-20;/h2,4-7,10-13,21,26H,3,8-9,14-19H2,1H3;1H/q+1;/p-1. The van der Waals surface area contributed by atoms with E-state index in [4.69, 9.17) is 4.74 Å². The second kappa shape index (κ2) is 11.7. The summed E-state index contributed by atoms with van der Waals surface area (Å²) in [5.74, 6) is 0.643. The molecule has 2 aromatic rings. The van der Waals surface area contributed by atoms with Crippen molar-refractivity contribution in [1.82, 2.24) is 0 Å². The van der Waals surface area contributed by atoms with Gasteiger partial charge in [0.2, 0.25) is 0 Å². The predicted octanol–water partition coefficient (Wildman–Crippen LogP) is 0.876. The number of halogens is 1. The number of carbonyl (C=O) groups excluding carboxylic acids is 1. The highest BCUT2D eigenvalue weighted by molar-refractivity contribution is 5.98. The van der Waals surface area contributed by atoms with E-state index in [1.54, 1.807) is 0 Å². The number of ether oxygens (including phenoxy) is 1. The fraction of sp³-hybridized carbons (Fsp3) is 0.458. The molecule has 0 spiro atoms. The number of Topliss-reactive ketones (excluding diaryl/α,β-unsaturated/α-hetero) is 1. The van der Waals surface area contributed by atoms with Crippen LogP contribution >= 0.6 is 0 Å². The molecule has 0 radical (unpaired) electrons. The minimum atomic E-state index is -0.532. The van der Waals surface area contributed by atoms with Crippen molar-refractivity contribution in [3.05, 3.63) is 65.7 Å². The van der Waals surface area contributed by atoms with Gasteiger partial charge in [0, 0.05) is 6.42 Å². The molecule has 3 rings (SSSR count). The number of rotatable bonds is 9. The molecule has 1 atom stereocenters. The van der Waals surface area contributed by atoms with Crippen LogP contribution in [0.1, 0.15) is 41.6 Å². The summed E-state index contributed by atoms with van der Waals surface area (Å²) in [5, 5.41) is 10.5. The topological polar surface area (TPSA) is 46.5 Å². The van der Waals surface area contributed by atoms with Crippen molar-refractivity contribution in [2.75, 3.05) is 33.3 Å². The van der Waals surface area contributed by atoms with Crippen molar-refractivity contribution < 1.29 is 43.1 Å². The maximum Gasteiger partial charge on any atom is 0.166 e. The van der Waals surface area contributed by atoms with Crippen molar-refractivity contribution in [3.63, 3.8) is 0 Å². The van der Waals surface area contributed by atoms with Crippen molar-refractivity contribution in [3.8, 4) is 5.75 Å². The van der Waals surface area contributed by atoms with Crippen molar-refractivity contribution in [2.45, 2.75) is 38.2 Å². The Balaban J connectivity index is 0.00000300. The number of hydrogen-bond acceptors (Lipinski definition) is 3. The van der Waals surface area contributed by atoms with Gasteiger partial charge in [-0.1, -0.05) is 42.5 Å². The van der Waals surface area contributed by atoms with E-state index >= 15 is 0 Å². The number of aliphatic hydroxyl groups is 1. The maximum absolute atomic E-state index is 12.7. The Bertz CT molecular complexity index is 760. The summed E-state index contributed by atoms with van der Waals surface area (Å²) in [6.45, 7) is 3.15. The second-order valence-corrected chi connectivity index (χ2v) is 8.18. The fourth-order valence-electron chi connectivity index (χ4n) is 4.07. The van der Waals surface area contributed by atoms with Gasteiger partial charge in [-0.3, -0.25) is 4.79 Å². The first-order chi connectivity index (χ1) is 13.6. The third kappa shape index (κ3) is 7.39. The van der Waals surface area contributed by atoms with Crippen LogP contribution in [0.4, 0.5) is 0 Å². The summed E-state index contributed by atoms with van der Waals surface area (Å²) in [5.41, 5.74) is 1.76. The lowest BCUT2D eigenvalue weighted by Gasteiger charge is -2.39. The lowest BCUT2D eigenvalue weighted by molar-refractivity contribution is -0.916. The normalized spacial score (nSPS) is 16.5. The SMILES string of the molecule is C[N+]1(CC(O)COc2ccccc2C(=O)CCc2ccccc2)CCCCC1.[I-]. The van der Waals surface area contributed by atoms with Gasteiger partial charge in [0.25, 0.3) is 0 Å². The minimum Gasteiger partial charge on any atom is -1.00 e. The molecule has 0 amide bonds. The van der Waals surface area contributed by atoms with Crippen LogP contribution in [-0.4, -0.2) is 54.8 Å². The molecule has 1 N–H and O–H groups in total. The molecule has 4 nitrogen and oxygen atoms in total. The molecular formula is C24H32INO3. The highest BCUT2D eigenvalue weighted by atomic mass is 127. The third-order valence-corrected chi connectivity index (χ3v) is 5.65. The zero-order valence-corrected chi connectivity index (χ0v) is 19.4. The predicted molar refractivity (Wildman–Crippen MR) is 112 cm³/mol. The number of piperidine rings is 1. The number of quaternary nitrogens is 1. The van der Waals surface area contributed by atoms with E-state index in [2.05, 4.69) is 7.05 Å². The zero-order chi connectivity index (χ0) is 19.8. The van der Waals surface area contributed by atoms with Crippen LogP contribution in [0.3, 0.4) is 0 Å². The lowest BCUT2D eigenvalue weighted by Crippen LogP contribution is -3.00. The van der Waals surface area contributed by atoms with Gasteiger partial charge in [-0.25, -0.2) is 0 Å². The molecule has 0 saturated carbocycles. The zero-order valence-electron chi connectivity index (χ0n) is 17.2. The van der Waals surface area contributed by atoms with E-state index in [-0.39, 0.29) is 36.4 Å². The quantitative estimate of drug-likeness (QED) is 0.310. The van der Waals surface area contributed by atoms with E-state index in [9.17, 15) is 9.90 Å². The Hall–Kier alpha value is -1.44. The Morgan fingerprint density at radius 3 is 2.41 bits per heavy atom. The molecule has 1 unspecified atom stereocenters. The molecule has 0 aliphatic carbocycles. The molecule has 0 aromatic heterocycles. The van der Waals surface area contributed by atoms with E-state index in [1.165, 1.54) is 19.3 Å². The van der Waals surface area contributed by atoms with Crippen molar-refractivity contribution in [2.24, 2.45) is 0 Å². The summed E-state index contributed by atoms with van der Waals surface area (Å²) in [6, 6.07) is 17.4. The van der Waals surface area contributed by atoms with Crippen LogP contribution in [0, 0.1) is 0 Å². The molecule has 1 heterocycles. The lowest BCUT2D eigenvalue weighted by atomic mass is 10.0. The Kier molecular flexibility index (Phi) is 9.59. The number of likely N-dealkylation sites (tertiary alicyclic amines) is 1. The number of hydrogen-bond donors (Lipinski definition) is 1. The molecule has 1 aliphatic rings. The first kappa shape index (κ1) is 23.8. The van der Waals surface area contributed by atoms with Crippen LogP contribution in [0.25, 0.3) is 0 Å². The number of aliphatic hydroxyl groups excluding tert-OH is 1. The number of nitrogens with zero attached hydrogens (tertiary/aromatic N) is 1. The molecule has 158 valence electrons. The number of ketones is 1. The van der Waals surface area contributed by atoms with Gasteiger partial charge >= 0.3 is 0 Å². The number of para-hydroxylation sites is 1. The molecule has 1 fully saturated rings. The van der Waals surface area contributed by atoms with Crippen LogP contribution in [0.2, 0.25) is 0 Å². The van der Waals surface area contributed by atoms with Crippen LogP contribution in [0.5, 0.6) is 5.75 Å². The van der Waals surface area contributed by atoms with Crippen LogP contribution < -0.4 is 28.7 Å². The molecule has 1 aliphatic heterocycles. The summed E-state index contributed by atoms with van der Waals surface area (Å²) in [7, 11) is 2.21. The highest BCUT2D eigenvalue weighted by Gasteiger charge is 2.28. The van der Waals surface area contributed by atoms with Crippen molar-refractivity contribution >= 4 is 5.78 Å². The first-order valence-electron chi connectivity index (χ1n) is 10.4. The minimum absolute atomic E-state index is 0. The number of likely N-dealkylation sites (N-methyl/N-ethyl adjacent to an activating group) is 1. The third-order valence-electron chi connectivity index (χ3n) is 5.65. The highest BCUT2D eigenvalue weighted by Crippen LogP contribution is 2.22. The molecule has 5 heteroatoms. The smallest absolute Gasteiger partial charge is 0.166 e. The summed E-state index contributed by atoms with van der Waals surface area (Å²) in [4.78, 5) is 12.7. The Morgan fingerprint density at radius 2 is 1.69 bits per heavy atom. The van der Waals surface area contributed by atoms with E-state index in [1.807, 2.05) is 54.6 Å². The summed E-state index contributed by atoms with van der Waals surface area (Å²) < 4.78 is 6.78. The number of benzene rings is 2. The molecular weight excluding hydrogens is 477 g/mol. The van der Waals surface area contributed by atoms with Gasteiger partial charge in [0.1, 0.15) is 25.0 Å². The van der Waals surface area contributed by atoms with Gasteiger partial charge in [-0.2, -0.15) is 0 Å². The number of aryl methyl sites for hydroxylation is 1. The molecule has 29 heavy (non-hydrogen) atoms. The number of carbonyl (C=O) groups is 1. The molecule has 0 bridgehead atoms. The van der Waals surface area contributed by atoms with E-state index < -0.39 is 6.10 Å². The second-order valence-electron chi connectivity index (χ2n) is 8.18. The van der Waals surface area contributed by atoms with Crippen molar-refractivity contribution in [1.29, 1.82) is 0 Å². The Labute approximate surface area is 191 Å². The average molecular weight is 509 g/mol. The molecule has 2 aromatic carbocycles. The van der Waals surface area contributed by atoms with Gasteiger partial charge in [0.05, 0.1) is 25.7 Å². The van der Waals surface area contributed by atoms with E-state index in [0.717, 1.165) is 23.1 Å². The van der Waals surface area contributed by atoms with Crippen LogP contribution in [-0.2, 0) is 6.42 Å². The average Bonchev–Trinajstić information content (AvgIpc) is 2.71. The van der Waals surface area contributed by atoms with E-state index in [0.29, 0.717) is 30.7 Å². The Morgan fingerprint density at radius 1 is 1.03 bits per heavy atom. The monoisotopic (exact) mass is 509 g/mol. The summed E-state index contributed by atoms with van der Waals surface area (Å²) >= 11 is 0.